The number of carbonyl (C=O) groups excluding carboxylic acids is 1. The molecule has 0 aliphatic carbocycles. The summed E-state index contributed by atoms with van der Waals surface area (Å²) in [4.78, 5) is 13.4. The van der Waals surface area contributed by atoms with Crippen LogP contribution >= 0.6 is 0 Å². The maximum atomic E-state index is 11.8. The maximum Gasteiger partial charge on any atom is 0.240 e. The van der Waals surface area contributed by atoms with E-state index in [1.54, 1.807) is 4.90 Å². The van der Waals surface area contributed by atoms with Crippen molar-refractivity contribution < 1.29 is 4.79 Å². The summed E-state index contributed by atoms with van der Waals surface area (Å²) in [6, 6.07) is -0.490. The number of nitrogens with two attached hydrogens (primary N) is 1. The molecule has 0 spiro atoms. The highest BCUT2D eigenvalue weighted by atomic mass is 16.2. The van der Waals surface area contributed by atoms with Crippen molar-refractivity contribution in [2.75, 3.05) is 13.1 Å². The summed E-state index contributed by atoms with van der Waals surface area (Å²) in [7, 11) is 0. The molecule has 0 aromatic carbocycles. The van der Waals surface area contributed by atoms with Gasteiger partial charge in [-0.2, -0.15) is 0 Å². The van der Waals surface area contributed by atoms with Crippen molar-refractivity contribution in [2.24, 2.45) is 11.1 Å². The van der Waals surface area contributed by atoms with Gasteiger partial charge < -0.3 is 10.6 Å². The Morgan fingerprint density at radius 2 is 2.07 bits per heavy atom. The predicted octanol–water partition coefficient (Wildman–Crippen LogP) is 0.841. The molecule has 0 saturated heterocycles. The molecule has 1 unspecified atom stereocenters. The lowest BCUT2D eigenvalue weighted by atomic mass is 9.86. The number of terminal acetylenes is 1. The summed E-state index contributed by atoms with van der Waals surface area (Å²) in [5.74, 6) is 2.38. The van der Waals surface area contributed by atoms with E-state index in [9.17, 15) is 4.79 Å². The van der Waals surface area contributed by atoms with Gasteiger partial charge >= 0.3 is 0 Å². The van der Waals surface area contributed by atoms with E-state index in [-0.39, 0.29) is 11.3 Å². The third-order valence-electron chi connectivity index (χ3n) is 2.17. The largest absolute Gasteiger partial charge is 0.330 e. The van der Waals surface area contributed by atoms with E-state index >= 15 is 0 Å². The van der Waals surface area contributed by atoms with E-state index in [0.717, 1.165) is 0 Å². The van der Waals surface area contributed by atoms with Crippen LogP contribution in [0.3, 0.4) is 0 Å². The van der Waals surface area contributed by atoms with Crippen LogP contribution in [0.2, 0.25) is 0 Å². The van der Waals surface area contributed by atoms with Crippen molar-refractivity contribution in [1.29, 1.82) is 0 Å². The molecule has 0 radical (unpaired) electrons. The molecule has 1 atom stereocenters. The van der Waals surface area contributed by atoms with Crippen molar-refractivity contribution in [3.05, 3.63) is 0 Å². The summed E-state index contributed by atoms with van der Waals surface area (Å²) in [5.41, 5.74) is 5.62. The highest BCUT2D eigenvalue weighted by molar-refractivity contribution is 5.82. The zero-order valence-electron chi connectivity index (χ0n) is 9.50. The Kier molecular flexibility index (Phi) is 4.65. The van der Waals surface area contributed by atoms with Gasteiger partial charge in [0, 0.05) is 6.54 Å². The molecule has 14 heavy (non-hydrogen) atoms. The minimum atomic E-state index is -0.490. The number of rotatable bonds is 3. The van der Waals surface area contributed by atoms with Gasteiger partial charge in [0.15, 0.2) is 0 Å². The lowest BCUT2D eigenvalue weighted by Crippen LogP contribution is -2.50. The minimum absolute atomic E-state index is 0.0713. The summed E-state index contributed by atoms with van der Waals surface area (Å²) in [6.07, 6.45) is 5.17. The predicted molar refractivity (Wildman–Crippen MR) is 58.5 cm³/mol. The van der Waals surface area contributed by atoms with E-state index in [0.29, 0.717) is 13.1 Å². The van der Waals surface area contributed by atoms with Crippen molar-refractivity contribution in [1.82, 2.24) is 4.90 Å². The first-order valence-corrected chi connectivity index (χ1v) is 4.82. The van der Waals surface area contributed by atoms with Crippen LogP contribution in [0.1, 0.15) is 27.7 Å². The summed E-state index contributed by atoms with van der Waals surface area (Å²) in [5, 5.41) is 0. The van der Waals surface area contributed by atoms with Gasteiger partial charge in [0.05, 0.1) is 12.6 Å². The second-order valence-corrected chi connectivity index (χ2v) is 4.40. The van der Waals surface area contributed by atoms with Gasteiger partial charge in [-0.3, -0.25) is 4.79 Å². The van der Waals surface area contributed by atoms with E-state index in [4.69, 9.17) is 12.2 Å². The molecule has 0 rings (SSSR count). The molecule has 0 aliphatic heterocycles. The Labute approximate surface area is 86.6 Å². The van der Waals surface area contributed by atoms with Crippen LogP contribution < -0.4 is 5.73 Å². The van der Waals surface area contributed by atoms with Crippen molar-refractivity contribution in [3.8, 4) is 12.3 Å². The smallest absolute Gasteiger partial charge is 0.240 e. The molecule has 0 bridgehead atoms. The molecule has 0 heterocycles. The number of carbonyl (C=O) groups is 1. The van der Waals surface area contributed by atoms with Gasteiger partial charge in [0.25, 0.3) is 0 Å². The number of hydrogen-bond acceptors (Lipinski definition) is 2. The molecule has 2 N–H and O–H groups in total. The summed E-state index contributed by atoms with van der Waals surface area (Å²) < 4.78 is 0. The highest BCUT2D eigenvalue weighted by Gasteiger charge is 2.30. The first kappa shape index (κ1) is 13.0. The van der Waals surface area contributed by atoms with Crippen LogP contribution in [-0.2, 0) is 4.79 Å². The molecule has 0 aromatic rings. The molecular formula is C11H20N2O. The molecule has 0 aliphatic rings. The fourth-order valence-corrected chi connectivity index (χ4v) is 1.02. The average Bonchev–Trinajstić information content (AvgIpc) is 2.10. The fraction of sp³-hybridized carbons (Fsp3) is 0.727. The second-order valence-electron chi connectivity index (χ2n) is 4.40. The quantitative estimate of drug-likeness (QED) is 0.680. The van der Waals surface area contributed by atoms with Gasteiger partial charge in [0.1, 0.15) is 0 Å². The van der Waals surface area contributed by atoms with Crippen molar-refractivity contribution in [2.45, 2.75) is 33.7 Å². The van der Waals surface area contributed by atoms with Crippen LogP contribution in [0.15, 0.2) is 0 Å². The SMILES string of the molecule is C#CCN(CC)C(=O)C(N)C(C)(C)C. The maximum absolute atomic E-state index is 11.8. The monoisotopic (exact) mass is 196 g/mol. The zero-order chi connectivity index (χ0) is 11.4. The lowest BCUT2D eigenvalue weighted by molar-refractivity contribution is -0.134. The summed E-state index contributed by atoms with van der Waals surface area (Å²) in [6.45, 7) is 8.66. The number of hydrogen-bond donors (Lipinski definition) is 1. The van der Waals surface area contributed by atoms with Crippen LogP contribution in [0.25, 0.3) is 0 Å². The fourth-order valence-electron chi connectivity index (χ4n) is 1.02. The van der Waals surface area contributed by atoms with Gasteiger partial charge in [-0.05, 0) is 12.3 Å². The standard InChI is InChI=1S/C11H20N2O/c1-6-8-13(7-2)10(14)9(12)11(3,4)5/h1,9H,7-8,12H2,2-5H3. The zero-order valence-corrected chi connectivity index (χ0v) is 9.50. The van der Waals surface area contributed by atoms with E-state index < -0.39 is 6.04 Å². The Bertz CT molecular complexity index is 235. The van der Waals surface area contributed by atoms with Gasteiger partial charge in [-0.1, -0.05) is 26.7 Å². The third kappa shape index (κ3) is 3.39. The minimum Gasteiger partial charge on any atom is -0.330 e. The van der Waals surface area contributed by atoms with E-state index in [2.05, 4.69) is 5.92 Å². The number of amides is 1. The topological polar surface area (TPSA) is 46.3 Å². The Morgan fingerprint density at radius 1 is 1.57 bits per heavy atom. The molecule has 80 valence electrons. The third-order valence-corrected chi connectivity index (χ3v) is 2.17. The Balaban J connectivity index is 4.52. The number of likely N-dealkylation sites (N-methyl/N-ethyl adjacent to an activating group) is 1. The van der Waals surface area contributed by atoms with E-state index in [1.165, 1.54) is 0 Å². The Morgan fingerprint density at radius 3 is 2.36 bits per heavy atom. The van der Waals surface area contributed by atoms with E-state index in [1.807, 2.05) is 27.7 Å². The molecular weight excluding hydrogens is 176 g/mol. The van der Waals surface area contributed by atoms with Gasteiger partial charge in [-0.25, -0.2) is 0 Å². The summed E-state index contributed by atoms with van der Waals surface area (Å²) >= 11 is 0. The second kappa shape index (κ2) is 5.02. The molecule has 3 heteroatoms. The lowest BCUT2D eigenvalue weighted by Gasteiger charge is -2.30. The molecule has 1 amide bonds. The normalized spacial score (nSPS) is 13.1. The first-order chi connectivity index (χ1) is 6.34. The Hall–Kier alpha value is -1.01. The van der Waals surface area contributed by atoms with Crippen LogP contribution in [0, 0.1) is 17.8 Å². The van der Waals surface area contributed by atoms with Crippen molar-refractivity contribution in [3.63, 3.8) is 0 Å². The van der Waals surface area contributed by atoms with Crippen LogP contribution in [0.4, 0.5) is 0 Å². The average molecular weight is 196 g/mol. The highest BCUT2D eigenvalue weighted by Crippen LogP contribution is 2.18. The molecule has 3 nitrogen and oxygen atoms in total. The van der Waals surface area contributed by atoms with Crippen LogP contribution in [-0.4, -0.2) is 29.9 Å². The number of nitrogens with zero attached hydrogens (tertiary/aromatic N) is 1. The van der Waals surface area contributed by atoms with Gasteiger partial charge in [-0.15, -0.1) is 6.42 Å². The van der Waals surface area contributed by atoms with Crippen molar-refractivity contribution >= 4 is 5.91 Å². The molecule has 0 saturated carbocycles. The molecule has 0 fully saturated rings. The first-order valence-electron chi connectivity index (χ1n) is 4.82. The van der Waals surface area contributed by atoms with Crippen LogP contribution in [0.5, 0.6) is 0 Å². The molecule has 0 aromatic heterocycles. The van der Waals surface area contributed by atoms with Gasteiger partial charge in [0.2, 0.25) is 5.91 Å².